The van der Waals surface area contributed by atoms with Crippen LogP contribution in [-0.4, -0.2) is 24.5 Å². The first-order valence-electron chi connectivity index (χ1n) is 6.90. The van der Waals surface area contributed by atoms with Crippen molar-refractivity contribution in [2.45, 2.75) is 65.8 Å². The number of hydrogen-bond acceptors (Lipinski definition) is 2. The van der Waals surface area contributed by atoms with Gasteiger partial charge in [0.15, 0.2) is 0 Å². The van der Waals surface area contributed by atoms with E-state index in [1.54, 1.807) is 0 Å². The van der Waals surface area contributed by atoms with Gasteiger partial charge < -0.3 is 10.6 Å². The lowest BCUT2D eigenvalue weighted by Crippen LogP contribution is -2.45. The first-order chi connectivity index (χ1) is 7.89. The second-order valence-electron chi connectivity index (χ2n) is 5.85. The van der Waals surface area contributed by atoms with Gasteiger partial charge in [-0.05, 0) is 39.7 Å². The van der Waals surface area contributed by atoms with Gasteiger partial charge in [-0.25, -0.2) is 0 Å². The van der Waals surface area contributed by atoms with E-state index < -0.39 is 0 Å². The summed E-state index contributed by atoms with van der Waals surface area (Å²) >= 11 is 0. The van der Waals surface area contributed by atoms with Gasteiger partial charge in [0.2, 0.25) is 5.91 Å². The average molecular weight is 242 g/mol. The number of nitrogens with one attached hydrogen (secondary N) is 2. The molecular formula is C14H30N2O. The van der Waals surface area contributed by atoms with E-state index in [0.717, 1.165) is 6.54 Å². The van der Waals surface area contributed by atoms with Crippen molar-refractivity contribution < 1.29 is 4.79 Å². The molecule has 0 radical (unpaired) electrons. The van der Waals surface area contributed by atoms with Crippen molar-refractivity contribution in [2.75, 3.05) is 13.1 Å². The minimum Gasteiger partial charge on any atom is -0.350 e. The van der Waals surface area contributed by atoms with E-state index >= 15 is 0 Å². The van der Waals surface area contributed by atoms with Crippen LogP contribution in [0.3, 0.4) is 0 Å². The van der Waals surface area contributed by atoms with Gasteiger partial charge in [0.25, 0.3) is 0 Å². The van der Waals surface area contributed by atoms with E-state index in [2.05, 4.69) is 24.5 Å². The highest BCUT2D eigenvalue weighted by Crippen LogP contribution is 2.10. The first kappa shape index (κ1) is 16.4. The molecule has 2 N–H and O–H groups in total. The van der Waals surface area contributed by atoms with Crippen LogP contribution in [0, 0.1) is 5.92 Å². The fraction of sp³-hybridized carbons (Fsp3) is 0.929. The molecule has 0 aliphatic rings. The van der Waals surface area contributed by atoms with E-state index in [4.69, 9.17) is 0 Å². The molecule has 1 amide bonds. The van der Waals surface area contributed by atoms with Crippen molar-refractivity contribution in [1.29, 1.82) is 0 Å². The molecule has 0 aromatic rings. The Morgan fingerprint density at radius 1 is 1.24 bits per heavy atom. The molecule has 0 saturated heterocycles. The molecule has 0 aromatic carbocycles. The topological polar surface area (TPSA) is 41.1 Å². The molecule has 0 spiro atoms. The van der Waals surface area contributed by atoms with Crippen molar-refractivity contribution in [3.63, 3.8) is 0 Å². The summed E-state index contributed by atoms with van der Waals surface area (Å²) in [6, 6.07) is 0. The maximum Gasteiger partial charge on any atom is 0.234 e. The van der Waals surface area contributed by atoms with E-state index in [1.165, 1.54) is 25.7 Å². The summed E-state index contributed by atoms with van der Waals surface area (Å²) in [4.78, 5) is 11.6. The summed E-state index contributed by atoms with van der Waals surface area (Å²) in [5.74, 6) is 0.792. The second kappa shape index (κ2) is 8.51. The minimum atomic E-state index is -0.134. The van der Waals surface area contributed by atoms with Gasteiger partial charge in [0.1, 0.15) is 0 Å². The number of unbranched alkanes of at least 4 members (excludes halogenated alkanes) is 1. The highest BCUT2D eigenvalue weighted by molar-refractivity contribution is 5.78. The maximum atomic E-state index is 11.6. The largest absolute Gasteiger partial charge is 0.350 e. The zero-order chi connectivity index (χ0) is 13.3. The third kappa shape index (κ3) is 10.3. The molecule has 102 valence electrons. The van der Waals surface area contributed by atoms with Crippen molar-refractivity contribution in [2.24, 2.45) is 5.92 Å². The molecule has 3 heteroatoms. The normalized spacial score (nSPS) is 13.5. The smallest absolute Gasteiger partial charge is 0.234 e. The molecule has 0 bridgehead atoms. The van der Waals surface area contributed by atoms with Crippen LogP contribution in [0.15, 0.2) is 0 Å². The van der Waals surface area contributed by atoms with Crippen LogP contribution < -0.4 is 10.6 Å². The van der Waals surface area contributed by atoms with E-state index in [0.29, 0.717) is 12.5 Å². The lowest BCUT2D eigenvalue weighted by Gasteiger charge is -2.21. The van der Waals surface area contributed by atoms with Crippen LogP contribution >= 0.6 is 0 Å². The van der Waals surface area contributed by atoms with Crippen molar-refractivity contribution >= 4 is 5.91 Å². The summed E-state index contributed by atoms with van der Waals surface area (Å²) < 4.78 is 0. The predicted octanol–water partition coefficient (Wildman–Crippen LogP) is 2.71. The Hall–Kier alpha value is -0.570. The van der Waals surface area contributed by atoms with Crippen LogP contribution in [0.4, 0.5) is 0 Å². The van der Waals surface area contributed by atoms with E-state index in [-0.39, 0.29) is 11.4 Å². The first-order valence-corrected chi connectivity index (χ1v) is 6.90. The van der Waals surface area contributed by atoms with Gasteiger partial charge in [-0.3, -0.25) is 4.79 Å². The summed E-state index contributed by atoms with van der Waals surface area (Å²) in [7, 11) is 0. The molecule has 0 aliphatic heterocycles. The standard InChI is InChI=1S/C14H30N2O/c1-6-8-9-12(7-2)10-15-11-13(17)16-14(3,4)5/h12,15H,6-11H2,1-5H3,(H,16,17). The third-order valence-electron chi connectivity index (χ3n) is 2.78. The molecule has 17 heavy (non-hydrogen) atoms. The summed E-state index contributed by atoms with van der Waals surface area (Å²) in [5, 5.41) is 6.21. The van der Waals surface area contributed by atoms with Gasteiger partial charge >= 0.3 is 0 Å². The summed E-state index contributed by atoms with van der Waals surface area (Å²) in [5.41, 5.74) is -0.134. The quantitative estimate of drug-likeness (QED) is 0.687. The molecular weight excluding hydrogens is 212 g/mol. The number of amides is 1. The van der Waals surface area contributed by atoms with Crippen molar-refractivity contribution in [1.82, 2.24) is 10.6 Å². The molecule has 0 heterocycles. The molecule has 1 atom stereocenters. The van der Waals surface area contributed by atoms with Crippen molar-refractivity contribution in [3.8, 4) is 0 Å². The molecule has 0 saturated carbocycles. The van der Waals surface area contributed by atoms with E-state index in [9.17, 15) is 4.79 Å². The number of carbonyl (C=O) groups is 1. The Labute approximate surface area is 107 Å². The van der Waals surface area contributed by atoms with Crippen LogP contribution in [-0.2, 0) is 4.79 Å². The molecule has 0 fully saturated rings. The fourth-order valence-electron chi connectivity index (χ4n) is 1.80. The van der Waals surface area contributed by atoms with Gasteiger partial charge in [-0.15, -0.1) is 0 Å². The molecule has 0 rings (SSSR count). The molecule has 1 unspecified atom stereocenters. The van der Waals surface area contributed by atoms with Gasteiger partial charge in [-0.1, -0.05) is 33.1 Å². The fourth-order valence-corrected chi connectivity index (χ4v) is 1.80. The average Bonchev–Trinajstić information content (AvgIpc) is 2.20. The third-order valence-corrected chi connectivity index (χ3v) is 2.78. The van der Waals surface area contributed by atoms with Crippen LogP contribution in [0.1, 0.15) is 60.3 Å². The van der Waals surface area contributed by atoms with Gasteiger partial charge in [0.05, 0.1) is 6.54 Å². The lowest BCUT2D eigenvalue weighted by molar-refractivity contribution is -0.121. The highest BCUT2D eigenvalue weighted by atomic mass is 16.2. The minimum absolute atomic E-state index is 0.0860. The van der Waals surface area contributed by atoms with Crippen molar-refractivity contribution in [3.05, 3.63) is 0 Å². The zero-order valence-electron chi connectivity index (χ0n) is 12.2. The Morgan fingerprint density at radius 3 is 2.35 bits per heavy atom. The Kier molecular flexibility index (Phi) is 8.23. The Balaban J connectivity index is 3.70. The second-order valence-corrected chi connectivity index (χ2v) is 5.85. The summed E-state index contributed by atoms with van der Waals surface area (Å²) in [6.45, 7) is 11.8. The number of hydrogen-bond donors (Lipinski definition) is 2. The SMILES string of the molecule is CCCCC(CC)CNCC(=O)NC(C)(C)C. The molecule has 0 aliphatic carbocycles. The van der Waals surface area contributed by atoms with Gasteiger partial charge in [0, 0.05) is 5.54 Å². The number of carbonyl (C=O) groups excluding carboxylic acids is 1. The monoisotopic (exact) mass is 242 g/mol. The molecule has 3 nitrogen and oxygen atoms in total. The summed E-state index contributed by atoms with van der Waals surface area (Å²) in [6.07, 6.45) is 4.99. The lowest BCUT2D eigenvalue weighted by atomic mass is 9.99. The predicted molar refractivity (Wildman–Crippen MR) is 74.1 cm³/mol. The van der Waals surface area contributed by atoms with Gasteiger partial charge in [-0.2, -0.15) is 0 Å². The Morgan fingerprint density at radius 2 is 1.88 bits per heavy atom. The van der Waals surface area contributed by atoms with Crippen LogP contribution in [0.2, 0.25) is 0 Å². The zero-order valence-corrected chi connectivity index (χ0v) is 12.2. The Bertz CT molecular complexity index is 209. The van der Waals surface area contributed by atoms with E-state index in [1.807, 2.05) is 20.8 Å². The molecule has 0 aromatic heterocycles. The maximum absolute atomic E-state index is 11.6. The van der Waals surface area contributed by atoms with Crippen LogP contribution in [0.25, 0.3) is 0 Å². The van der Waals surface area contributed by atoms with Crippen LogP contribution in [0.5, 0.6) is 0 Å². The highest BCUT2D eigenvalue weighted by Gasteiger charge is 2.13. The number of rotatable bonds is 8.